The molecule has 7 heteroatoms. The summed E-state index contributed by atoms with van der Waals surface area (Å²) in [6.07, 6.45) is 1.32. The first kappa shape index (κ1) is 18.8. The molecule has 2 aromatic heterocycles. The molecule has 1 amide bonds. The lowest BCUT2D eigenvalue weighted by Gasteiger charge is -2.08. The predicted octanol–water partition coefficient (Wildman–Crippen LogP) is 4.21. The third-order valence-electron chi connectivity index (χ3n) is 4.38. The average Bonchev–Trinajstić information content (AvgIpc) is 3.19. The highest BCUT2D eigenvalue weighted by Crippen LogP contribution is 2.22. The van der Waals surface area contributed by atoms with Crippen molar-refractivity contribution in [1.29, 1.82) is 0 Å². The Morgan fingerprint density at radius 2 is 1.76 bits per heavy atom. The number of aryl methyl sites for hydroxylation is 1. The SMILES string of the molecule is Cc1nc(-c2ncc(C(=O)NCc3ccc(-c4ccccc4)cc3)c(O)n2)cs1. The van der Waals surface area contributed by atoms with Crippen LogP contribution in [0.1, 0.15) is 20.9 Å². The van der Waals surface area contributed by atoms with Crippen molar-refractivity contribution in [2.45, 2.75) is 13.5 Å². The van der Waals surface area contributed by atoms with Crippen LogP contribution in [-0.4, -0.2) is 26.0 Å². The average molecular weight is 402 g/mol. The molecule has 0 radical (unpaired) electrons. The Balaban J connectivity index is 1.42. The molecule has 0 unspecified atom stereocenters. The second kappa shape index (κ2) is 8.20. The third-order valence-corrected chi connectivity index (χ3v) is 5.15. The van der Waals surface area contributed by atoms with Crippen molar-refractivity contribution in [2.75, 3.05) is 0 Å². The van der Waals surface area contributed by atoms with Gasteiger partial charge in [0.25, 0.3) is 5.91 Å². The van der Waals surface area contributed by atoms with Crippen molar-refractivity contribution in [2.24, 2.45) is 0 Å². The predicted molar refractivity (Wildman–Crippen MR) is 113 cm³/mol. The fraction of sp³-hybridized carbons (Fsp3) is 0.0909. The van der Waals surface area contributed by atoms with Gasteiger partial charge in [0.15, 0.2) is 5.82 Å². The van der Waals surface area contributed by atoms with Gasteiger partial charge >= 0.3 is 0 Å². The number of amides is 1. The van der Waals surface area contributed by atoms with E-state index in [0.717, 1.165) is 21.7 Å². The summed E-state index contributed by atoms with van der Waals surface area (Å²) in [5.74, 6) is -0.506. The number of nitrogens with zero attached hydrogens (tertiary/aromatic N) is 3. The second-order valence-electron chi connectivity index (χ2n) is 6.43. The fourth-order valence-electron chi connectivity index (χ4n) is 2.85. The van der Waals surface area contributed by atoms with Gasteiger partial charge in [-0.05, 0) is 23.6 Å². The van der Waals surface area contributed by atoms with Crippen LogP contribution in [0.2, 0.25) is 0 Å². The van der Waals surface area contributed by atoms with Crippen LogP contribution in [0, 0.1) is 6.92 Å². The van der Waals surface area contributed by atoms with E-state index < -0.39 is 5.91 Å². The molecule has 2 aromatic carbocycles. The quantitative estimate of drug-likeness (QED) is 0.522. The number of carbonyl (C=O) groups is 1. The molecule has 0 bridgehead atoms. The molecule has 144 valence electrons. The number of aromatic nitrogens is 3. The van der Waals surface area contributed by atoms with E-state index in [0.29, 0.717) is 18.1 Å². The number of rotatable bonds is 5. The van der Waals surface area contributed by atoms with E-state index in [9.17, 15) is 9.90 Å². The van der Waals surface area contributed by atoms with Crippen LogP contribution in [0.25, 0.3) is 22.6 Å². The fourth-order valence-corrected chi connectivity index (χ4v) is 3.44. The Morgan fingerprint density at radius 3 is 2.41 bits per heavy atom. The van der Waals surface area contributed by atoms with Crippen LogP contribution in [0.15, 0.2) is 66.2 Å². The molecule has 0 aliphatic rings. The van der Waals surface area contributed by atoms with Crippen LogP contribution in [0.5, 0.6) is 5.88 Å². The van der Waals surface area contributed by atoms with E-state index in [1.165, 1.54) is 17.5 Å². The van der Waals surface area contributed by atoms with E-state index in [1.807, 2.05) is 54.8 Å². The van der Waals surface area contributed by atoms with Gasteiger partial charge in [0, 0.05) is 18.1 Å². The summed E-state index contributed by atoms with van der Waals surface area (Å²) in [6, 6.07) is 18.0. The van der Waals surface area contributed by atoms with Gasteiger partial charge in [-0.3, -0.25) is 4.79 Å². The van der Waals surface area contributed by atoms with Crippen molar-refractivity contribution in [3.8, 4) is 28.5 Å². The van der Waals surface area contributed by atoms with E-state index in [-0.39, 0.29) is 11.4 Å². The zero-order valence-electron chi connectivity index (χ0n) is 15.7. The minimum Gasteiger partial charge on any atom is -0.493 e. The first-order valence-corrected chi connectivity index (χ1v) is 9.89. The maximum Gasteiger partial charge on any atom is 0.258 e. The first-order chi connectivity index (χ1) is 14.1. The Labute approximate surface area is 172 Å². The van der Waals surface area contributed by atoms with Crippen LogP contribution in [0.4, 0.5) is 0 Å². The molecule has 0 spiro atoms. The lowest BCUT2D eigenvalue weighted by molar-refractivity contribution is 0.0947. The second-order valence-corrected chi connectivity index (χ2v) is 7.49. The van der Waals surface area contributed by atoms with Gasteiger partial charge in [0.1, 0.15) is 11.3 Å². The molecule has 29 heavy (non-hydrogen) atoms. The number of thiazole rings is 1. The molecule has 0 aliphatic carbocycles. The Kier molecular flexibility index (Phi) is 5.31. The van der Waals surface area contributed by atoms with Crippen molar-refractivity contribution >= 4 is 17.2 Å². The van der Waals surface area contributed by atoms with Crippen molar-refractivity contribution in [1.82, 2.24) is 20.3 Å². The van der Waals surface area contributed by atoms with Crippen LogP contribution >= 0.6 is 11.3 Å². The molecule has 0 fully saturated rings. The van der Waals surface area contributed by atoms with Crippen LogP contribution in [-0.2, 0) is 6.54 Å². The highest BCUT2D eigenvalue weighted by molar-refractivity contribution is 7.09. The third kappa shape index (κ3) is 4.30. The summed E-state index contributed by atoms with van der Waals surface area (Å²) in [4.78, 5) is 24.9. The molecular formula is C22H18N4O2S. The zero-order chi connectivity index (χ0) is 20.2. The number of hydrogen-bond acceptors (Lipinski definition) is 6. The van der Waals surface area contributed by atoms with Gasteiger partial charge in [-0.1, -0.05) is 54.6 Å². The number of carbonyl (C=O) groups excluding carboxylic acids is 1. The van der Waals surface area contributed by atoms with E-state index >= 15 is 0 Å². The van der Waals surface area contributed by atoms with Gasteiger partial charge in [-0.15, -0.1) is 11.3 Å². The van der Waals surface area contributed by atoms with Crippen molar-refractivity contribution < 1.29 is 9.90 Å². The summed E-state index contributed by atoms with van der Waals surface area (Å²) < 4.78 is 0. The number of benzene rings is 2. The van der Waals surface area contributed by atoms with Gasteiger partial charge in [0.2, 0.25) is 5.88 Å². The van der Waals surface area contributed by atoms with Crippen LogP contribution in [0.3, 0.4) is 0 Å². The Hall–Kier alpha value is -3.58. The minimum atomic E-state index is -0.435. The number of aromatic hydroxyl groups is 1. The first-order valence-electron chi connectivity index (χ1n) is 9.01. The smallest absolute Gasteiger partial charge is 0.258 e. The van der Waals surface area contributed by atoms with Gasteiger partial charge in [0.05, 0.1) is 5.01 Å². The molecule has 4 aromatic rings. The molecule has 0 aliphatic heterocycles. The van der Waals surface area contributed by atoms with E-state index in [4.69, 9.17) is 0 Å². The Morgan fingerprint density at radius 1 is 1.03 bits per heavy atom. The normalized spacial score (nSPS) is 10.7. The molecule has 4 rings (SSSR count). The lowest BCUT2D eigenvalue weighted by atomic mass is 10.0. The Bertz CT molecular complexity index is 1140. The summed E-state index contributed by atoms with van der Waals surface area (Å²) in [5, 5.41) is 15.6. The van der Waals surface area contributed by atoms with E-state index in [1.54, 1.807) is 0 Å². The van der Waals surface area contributed by atoms with Crippen molar-refractivity contribution in [3.05, 3.63) is 82.3 Å². The largest absolute Gasteiger partial charge is 0.493 e. The standard InChI is InChI=1S/C22H18N4O2S/c1-14-25-19(13-29-14)20-23-12-18(22(28)26-20)21(27)24-11-15-7-9-17(10-8-15)16-5-3-2-4-6-16/h2-10,12-13H,11H2,1H3,(H,24,27)(H,23,26,28). The summed E-state index contributed by atoms with van der Waals surface area (Å²) in [6.45, 7) is 2.21. The highest BCUT2D eigenvalue weighted by Gasteiger charge is 2.16. The van der Waals surface area contributed by atoms with Crippen LogP contribution < -0.4 is 5.32 Å². The monoisotopic (exact) mass is 402 g/mol. The maximum atomic E-state index is 12.4. The summed E-state index contributed by atoms with van der Waals surface area (Å²) >= 11 is 1.47. The molecular weight excluding hydrogens is 384 g/mol. The van der Waals surface area contributed by atoms with E-state index in [2.05, 4.69) is 32.4 Å². The number of nitrogens with one attached hydrogen (secondary N) is 1. The number of hydrogen-bond donors (Lipinski definition) is 2. The van der Waals surface area contributed by atoms with Gasteiger partial charge < -0.3 is 10.4 Å². The minimum absolute atomic E-state index is 0.0293. The molecule has 0 atom stereocenters. The summed E-state index contributed by atoms with van der Waals surface area (Å²) in [7, 11) is 0. The zero-order valence-corrected chi connectivity index (χ0v) is 16.5. The molecule has 0 saturated carbocycles. The molecule has 0 saturated heterocycles. The topological polar surface area (TPSA) is 88.0 Å². The highest BCUT2D eigenvalue weighted by atomic mass is 32.1. The molecule has 2 N–H and O–H groups in total. The lowest BCUT2D eigenvalue weighted by Crippen LogP contribution is -2.23. The summed E-state index contributed by atoms with van der Waals surface area (Å²) in [5.41, 5.74) is 3.81. The molecule has 2 heterocycles. The maximum absolute atomic E-state index is 12.4. The van der Waals surface area contributed by atoms with Gasteiger partial charge in [-0.25, -0.2) is 9.97 Å². The van der Waals surface area contributed by atoms with Gasteiger partial charge in [-0.2, -0.15) is 4.98 Å². The van der Waals surface area contributed by atoms with Crippen molar-refractivity contribution in [3.63, 3.8) is 0 Å². The molecule has 6 nitrogen and oxygen atoms in total.